The lowest BCUT2D eigenvalue weighted by Crippen LogP contribution is -2.37. The quantitative estimate of drug-likeness (QED) is 0.694. The van der Waals surface area contributed by atoms with Gasteiger partial charge in [0.05, 0.1) is 6.61 Å². The smallest absolute Gasteiger partial charge is 0.318 e. The maximum absolute atomic E-state index is 11.2. The van der Waals surface area contributed by atoms with Gasteiger partial charge < -0.3 is 15.4 Å². The molecule has 0 aromatic heterocycles. The number of nitrogens with two attached hydrogens (primary N) is 1. The van der Waals surface area contributed by atoms with E-state index in [1.807, 2.05) is 47.6 Å². The summed E-state index contributed by atoms with van der Waals surface area (Å²) in [7, 11) is 1.92. The van der Waals surface area contributed by atoms with E-state index in [0.29, 0.717) is 13.2 Å². The molecule has 0 saturated carbocycles. The van der Waals surface area contributed by atoms with Crippen molar-refractivity contribution in [1.82, 2.24) is 10.2 Å². The van der Waals surface area contributed by atoms with E-state index < -0.39 is 6.03 Å². The molecule has 110 valence electrons. The Labute approximate surface area is 118 Å². The molecule has 1 aromatic rings. The molecule has 0 aliphatic carbocycles. The predicted octanol–water partition coefficient (Wildman–Crippen LogP) is 0.972. The fourth-order valence-electron chi connectivity index (χ4n) is 1.65. The number of carbonyl (C=O) groups excluding carboxylic acids is 2. The molecule has 3 N–H and O–H groups in total. The molecule has 0 heterocycles. The van der Waals surface area contributed by atoms with Gasteiger partial charge >= 0.3 is 6.03 Å². The normalized spacial score (nSPS) is 10.3. The molecule has 0 aliphatic rings. The maximum Gasteiger partial charge on any atom is 0.318 e. The highest BCUT2D eigenvalue weighted by Crippen LogP contribution is 2.08. The highest BCUT2D eigenvalue weighted by molar-refractivity contribution is 5.93. The van der Waals surface area contributed by atoms with E-state index in [-0.39, 0.29) is 12.3 Å². The van der Waals surface area contributed by atoms with E-state index in [0.717, 1.165) is 18.7 Å². The zero-order valence-electron chi connectivity index (χ0n) is 11.7. The second-order valence-electron chi connectivity index (χ2n) is 4.48. The number of urea groups is 1. The fourth-order valence-corrected chi connectivity index (χ4v) is 1.65. The van der Waals surface area contributed by atoms with Gasteiger partial charge in [-0.25, -0.2) is 4.79 Å². The van der Waals surface area contributed by atoms with Crippen LogP contribution in [0.3, 0.4) is 0 Å². The third-order valence-electron chi connectivity index (χ3n) is 2.68. The highest BCUT2D eigenvalue weighted by Gasteiger charge is 2.06. The van der Waals surface area contributed by atoms with E-state index in [1.54, 1.807) is 0 Å². The molecule has 1 rings (SSSR count). The van der Waals surface area contributed by atoms with Gasteiger partial charge in [-0.15, -0.1) is 0 Å². The van der Waals surface area contributed by atoms with Crippen LogP contribution in [0.1, 0.15) is 12.8 Å². The molecular formula is C14H21N3O3. The summed E-state index contributed by atoms with van der Waals surface area (Å²) in [6.45, 7) is 2.02. The molecule has 0 unspecified atom stereocenters. The zero-order chi connectivity index (χ0) is 14.8. The van der Waals surface area contributed by atoms with Crippen LogP contribution in [0, 0.1) is 0 Å². The van der Waals surface area contributed by atoms with Gasteiger partial charge in [-0.1, -0.05) is 18.2 Å². The third-order valence-corrected chi connectivity index (χ3v) is 2.68. The number of hydrogen-bond donors (Lipinski definition) is 2. The Kier molecular flexibility index (Phi) is 7.13. The Balaban J connectivity index is 2.07. The van der Waals surface area contributed by atoms with Crippen molar-refractivity contribution < 1.29 is 14.3 Å². The van der Waals surface area contributed by atoms with E-state index in [4.69, 9.17) is 10.5 Å². The largest absolute Gasteiger partial charge is 0.494 e. The Morgan fingerprint density at radius 3 is 2.60 bits per heavy atom. The van der Waals surface area contributed by atoms with Crippen LogP contribution in [0.5, 0.6) is 5.75 Å². The fraction of sp³-hybridized carbons (Fsp3) is 0.429. The van der Waals surface area contributed by atoms with E-state index >= 15 is 0 Å². The number of nitrogens with one attached hydrogen (secondary N) is 1. The van der Waals surface area contributed by atoms with Crippen LogP contribution in [-0.4, -0.2) is 43.6 Å². The van der Waals surface area contributed by atoms with E-state index in [2.05, 4.69) is 0 Å². The summed E-state index contributed by atoms with van der Waals surface area (Å²) < 4.78 is 5.57. The summed E-state index contributed by atoms with van der Waals surface area (Å²) in [6, 6.07) is 8.82. The van der Waals surface area contributed by atoms with E-state index in [1.165, 1.54) is 0 Å². The first-order chi connectivity index (χ1) is 9.58. The Morgan fingerprint density at radius 1 is 1.25 bits per heavy atom. The monoisotopic (exact) mass is 279 g/mol. The number of para-hydroxylation sites is 1. The molecule has 0 fully saturated rings. The molecule has 6 heteroatoms. The van der Waals surface area contributed by atoms with Gasteiger partial charge in [-0.05, 0) is 25.6 Å². The average molecular weight is 279 g/mol. The van der Waals surface area contributed by atoms with Gasteiger partial charge in [0, 0.05) is 19.5 Å². The summed E-state index contributed by atoms with van der Waals surface area (Å²) in [6.07, 6.45) is 1.11. The third kappa shape index (κ3) is 7.38. The first-order valence-electron chi connectivity index (χ1n) is 6.53. The minimum atomic E-state index is -0.811. The summed E-state index contributed by atoms with van der Waals surface area (Å²) >= 11 is 0. The Hall–Kier alpha value is -2.08. The summed E-state index contributed by atoms with van der Waals surface area (Å²) in [5, 5.41) is 2.04. The van der Waals surface area contributed by atoms with Crippen molar-refractivity contribution in [3.05, 3.63) is 30.3 Å². The highest BCUT2D eigenvalue weighted by atomic mass is 16.5. The lowest BCUT2D eigenvalue weighted by atomic mass is 10.3. The van der Waals surface area contributed by atoms with Crippen molar-refractivity contribution in [3.63, 3.8) is 0 Å². The molecule has 0 atom stereocenters. The number of imide groups is 1. The van der Waals surface area contributed by atoms with Gasteiger partial charge in [0.15, 0.2) is 0 Å². The van der Waals surface area contributed by atoms with Crippen LogP contribution in [0.4, 0.5) is 4.79 Å². The second kappa shape index (κ2) is 8.92. The molecule has 0 saturated heterocycles. The van der Waals surface area contributed by atoms with Crippen LogP contribution >= 0.6 is 0 Å². The maximum atomic E-state index is 11.2. The Bertz CT molecular complexity index is 423. The molecular weight excluding hydrogens is 258 g/mol. The van der Waals surface area contributed by atoms with Crippen LogP contribution in [0.2, 0.25) is 0 Å². The first-order valence-corrected chi connectivity index (χ1v) is 6.53. The topological polar surface area (TPSA) is 84.7 Å². The molecule has 1 aromatic carbocycles. The number of benzene rings is 1. The standard InChI is InChI=1S/C14H21N3O3/c1-17(10-8-13(18)16-14(15)19)9-5-11-20-12-6-3-2-4-7-12/h2-4,6-7H,5,8-11H2,1H3,(H3,15,16,18,19). The lowest BCUT2D eigenvalue weighted by Gasteiger charge is -2.16. The molecule has 0 spiro atoms. The molecule has 3 amide bonds. The lowest BCUT2D eigenvalue weighted by molar-refractivity contribution is -0.120. The SMILES string of the molecule is CN(CCCOc1ccccc1)CCC(=O)NC(N)=O. The minimum Gasteiger partial charge on any atom is -0.494 e. The first kappa shape index (κ1) is 16.0. The predicted molar refractivity (Wildman–Crippen MR) is 76.4 cm³/mol. The van der Waals surface area contributed by atoms with Crippen molar-refractivity contribution in [2.24, 2.45) is 5.73 Å². The molecule has 20 heavy (non-hydrogen) atoms. The second-order valence-corrected chi connectivity index (χ2v) is 4.48. The summed E-state index contributed by atoms with van der Waals surface area (Å²) in [4.78, 5) is 23.7. The van der Waals surface area contributed by atoms with Crippen molar-refractivity contribution in [2.75, 3.05) is 26.7 Å². The molecule has 0 aliphatic heterocycles. The number of nitrogens with zero attached hydrogens (tertiary/aromatic N) is 1. The van der Waals surface area contributed by atoms with Crippen molar-refractivity contribution in [1.29, 1.82) is 0 Å². The zero-order valence-corrected chi connectivity index (χ0v) is 11.7. The minimum absolute atomic E-state index is 0.249. The van der Waals surface area contributed by atoms with Crippen molar-refractivity contribution >= 4 is 11.9 Å². The average Bonchev–Trinajstić information content (AvgIpc) is 2.42. The van der Waals surface area contributed by atoms with Crippen LogP contribution in [-0.2, 0) is 4.79 Å². The van der Waals surface area contributed by atoms with Gasteiger partial charge in [-0.2, -0.15) is 0 Å². The van der Waals surface area contributed by atoms with Crippen LogP contribution < -0.4 is 15.8 Å². The Morgan fingerprint density at radius 2 is 1.95 bits per heavy atom. The number of amides is 3. The number of rotatable bonds is 8. The van der Waals surface area contributed by atoms with E-state index in [9.17, 15) is 9.59 Å². The molecule has 0 radical (unpaired) electrons. The van der Waals surface area contributed by atoms with Gasteiger partial charge in [0.2, 0.25) is 5.91 Å². The van der Waals surface area contributed by atoms with Crippen molar-refractivity contribution in [3.8, 4) is 5.75 Å². The summed E-state index contributed by atoms with van der Waals surface area (Å²) in [5.74, 6) is 0.501. The van der Waals surface area contributed by atoms with Gasteiger partial charge in [0.1, 0.15) is 5.75 Å². The van der Waals surface area contributed by atoms with Gasteiger partial charge in [-0.3, -0.25) is 10.1 Å². The van der Waals surface area contributed by atoms with Gasteiger partial charge in [0.25, 0.3) is 0 Å². The van der Waals surface area contributed by atoms with Crippen LogP contribution in [0.25, 0.3) is 0 Å². The van der Waals surface area contributed by atoms with Crippen molar-refractivity contribution in [2.45, 2.75) is 12.8 Å². The number of primary amides is 1. The number of hydrogen-bond acceptors (Lipinski definition) is 4. The molecule has 0 bridgehead atoms. The number of carbonyl (C=O) groups is 2. The summed E-state index contributed by atoms with van der Waals surface area (Å²) in [5.41, 5.74) is 4.85. The van der Waals surface area contributed by atoms with Crippen LogP contribution in [0.15, 0.2) is 30.3 Å². The molecule has 6 nitrogen and oxygen atoms in total. The number of ether oxygens (including phenoxy) is 1.